The van der Waals surface area contributed by atoms with Crippen LogP contribution in [0.5, 0.6) is 5.75 Å². The molecule has 0 fully saturated rings. The minimum absolute atomic E-state index is 0.0261. The Kier molecular flexibility index (Phi) is 6.87. The Labute approximate surface area is 123 Å². The summed E-state index contributed by atoms with van der Waals surface area (Å²) in [7, 11) is 1.53. The summed E-state index contributed by atoms with van der Waals surface area (Å²) in [5.41, 5.74) is 0.687. The van der Waals surface area contributed by atoms with Crippen LogP contribution in [0.1, 0.15) is 18.9 Å². The van der Waals surface area contributed by atoms with E-state index in [1.807, 2.05) is 6.92 Å². The summed E-state index contributed by atoms with van der Waals surface area (Å²) in [5.74, 6) is 0.149. The molecule has 2 amide bonds. The standard InChI is InChI=1S/C14H19ClN2O3/c1-3-6-16-14(19)9-17-13(18)8-10-7-11(15)4-5-12(10)20-2/h4-5,7H,3,6,8-9H2,1-2H3,(H,16,19)(H,17,18). The molecule has 1 aromatic carbocycles. The van der Waals surface area contributed by atoms with Crippen LogP contribution in [0.15, 0.2) is 18.2 Å². The first-order chi connectivity index (χ1) is 9.56. The fraction of sp³-hybridized carbons (Fsp3) is 0.429. The first-order valence-corrected chi connectivity index (χ1v) is 6.80. The van der Waals surface area contributed by atoms with Crippen molar-refractivity contribution in [3.8, 4) is 5.75 Å². The summed E-state index contributed by atoms with van der Waals surface area (Å²) < 4.78 is 5.16. The van der Waals surface area contributed by atoms with Gasteiger partial charge in [-0.3, -0.25) is 9.59 Å². The third kappa shape index (κ3) is 5.48. The van der Waals surface area contributed by atoms with Gasteiger partial charge in [0.25, 0.3) is 0 Å². The summed E-state index contributed by atoms with van der Waals surface area (Å²) in [6, 6.07) is 5.08. The summed E-state index contributed by atoms with van der Waals surface area (Å²) in [6.45, 7) is 2.54. The minimum atomic E-state index is -0.253. The maximum absolute atomic E-state index is 11.8. The van der Waals surface area contributed by atoms with Crippen LogP contribution in [0.2, 0.25) is 5.02 Å². The highest BCUT2D eigenvalue weighted by atomic mass is 35.5. The van der Waals surface area contributed by atoms with Crippen molar-refractivity contribution >= 4 is 23.4 Å². The number of ether oxygens (including phenoxy) is 1. The van der Waals surface area contributed by atoms with Gasteiger partial charge in [0.15, 0.2) is 0 Å². The van der Waals surface area contributed by atoms with Gasteiger partial charge < -0.3 is 15.4 Å². The Morgan fingerprint density at radius 1 is 1.25 bits per heavy atom. The summed E-state index contributed by atoms with van der Waals surface area (Å²) in [4.78, 5) is 23.1. The van der Waals surface area contributed by atoms with E-state index in [-0.39, 0.29) is 24.8 Å². The van der Waals surface area contributed by atoms with Crippen molar-refractivity contribution in [2.24, 2.45) is 0 Å². The average molecular weight is 299 g/mol. The molecule has 110 valence electrons. The van der Waals surface area contributed by atoms with E-state index >= 15 is 0 Å². The van der Waals surface area contributed by atoms with Gasteiger partial charge in [0, 0.05) is 17.1 Å². The maximum Gasteiger partial charge on any atom is 0.239 e. The highest BCUT2D eigenvalue weighted by Crippen LogP contribution is 2.22. The molecule has 0 aromatic heterocycles. The molecule has 0 aliphatic carbocycles. The highest BCUT2D eigenvalue weighted by molar-refractivity contribution is 6.30. The Balaban J connectivity index is 2.50. The molecule has 0 aliphatic heterocycles. The maximum atomic E-state index is 11.8. The van der Waals surface area contributed by atoms with Crippen LogP contribution in [0.3, 0.4) is 0 Å². The summed E-state index contributed by atoms with van der Waals surface area (Å²) in [6.07, 6.45) is 0.976. The molecular formula is C14H19ClN2O3. The third-order valence-electron chi connectivity index (χ3n) is 2.61. The van der Waals surface area contributed by atoms with Gasteiger partial charge in [-0.1, -0.05) is 18.5 Å². The Bertz CT molecular complexity index is 477. The van der Waals surface area contributed by atoms with E-state index in [1.165, 1.54) is 7.11 Å². The fourth-order valence-corrected chi connectivity index (χ4v) is 1.82. The molecule has 0 saturated carbocycles. The number of methoxy groups -OCH3 is 1. The van der Waals surface area contributed by atoms with Crippen LogP contribution in [0, 0.1) is 0 Å². The van der Waals surface area contributed by atoms with Crippen molar-refractivity contribution < 1.29 is 14.3 Å². The lowest BCUT2D eigenvalue weighted by Crippen LogP contribution is -2.37. The molecule has 0 aliphatic rings. The SMILES string of the molecule is CCCNC(=O)CNC(=O)Cc1cc(Cl)ccc1OC. The van der Waals surface area contributed by atoms with Crippen molar-refractivity contribution in [3.63, 3.8) is 0 Å². The number of hydrogen-bond donors (Lipinski definition) is 2. The lowest BCUT2D eigenvalue weighted by Gasteiger charge is -2.09. The predicted molar refractivity (Wildman–Crippen MR) is 78.0 cm³/mol. The van der Waals surface area contributed by atoms with Gasteiger partial charge in [0.1, 0.15) is 5.75 Å². The quantitative estimate of drug-likeness (QED) is 0.802. The molecule has 20 heavy (non-hydrogen) atoms. The van der Waals surface area contributed by atoms with Crippen molar-refractivity contribution in [1.29, 1.82) is 0 Å². The highest BCUT2D eigenvalue weighted by Gasteiger charge is 2.10. The van der Waals surface area contributed by atoms with E-state index in [9.17, 15) is 9.59 Å². The first-order valence-electron chi connectivity index (χ1n) is 6.42. The van der Waals surface area contributed by atoms with Gasteiger partial charge in [-0.15, -0.1) is 0 Å². The van der Waals surface area contributed by atoms with Gasteiger partial charge >= 0.3 is 0 Å². The monoisotopic (exact) mass is 298 g/mol. The number of carbonyl (C=O) groups is 2. The molecule has 1 aromatic rings. The van der Waals surface area contributed by atoms with Crippen LogP contribution in [0.25, 0.3) is 0 Å². The molecule has 5 nitrogen and oxygen atoms in total. The Hall–Kier alpha value is -1.75. The molecule has 0 spiro atoms. The molecule has 0 bridgehead atoms. The van der Waals surface area contributed by atoms with Crippen LogP contribution in [0.4, 0.5) is 0 Å². The predicted octanol–water partition coefficient (Wildman–Crippen LogP) is 1.53. The smallest absolute Gasteiger partial charge is 0.239 e. The molecule has 0 radical (unpaired) electrons. The van der Waals surface area contributed by atoms with Crippen molar-refractivity contribution in [1.82, 2.24) is 10.6 Å². The molecule has 0 heterocycles. The van der Waals surface area contributed by atoms with Gasteiger partial charge in [-0.05, 0) is 24.6 Å². The second-order valence-electron chi connectivity index (χ2n) is 4.26. The normalized spacial score (nSPS) is 9.95. The average Bonchev–Trinajstić information content (AvgIpc) is 2.43. The van der Waals surface area contributed by atoms with Gasteiger partial charge in [0.2, 0.25) is 11.8 Å². The first kappa shape index (κ1) is 16.3. The fourth-order valence-electron chi connectivity index (χ4n) is 1.63. The lowest BCUT2D eigenvalue weighted by atomic mass is 10.1. The molecule has 0 atom stereocenters. The minimum Gasteiger partial charge on any atom is -0.496 e. The molecule has 2 N–H and O–H groups in total. The van der Waals surface area contributed by atoms with Gasteiger partial charge in [-0.2, -0.15) is 0 Å². The second kappa shape index (κ2) is 8.43. The van der Waals surface area contributed by atoms with Crippen LogP contribution in [-0.2, 0) is 16.0 Å². The van der Waals surface area contributed by atoms with Crippen LogP contribution < -0.4 is 15.4 Å². The van der Waals surface area contributed by atoms with Crippen molar-refractivity contribution in [2.45, 2.75) is 19.8 Å². The number of hydrogen-bond acceptors (Lipinski definition) is 3. The zero-order valence-electron chi connectivity index (χ0n) is 11.7. The zero-order valence-corrected chi connectivity index (χ0v) is 12.4. The number of nitrogens with one attached hydrogen (secondary N) is 2. The summed E-state index contributed by atoms with van der Waals surface area (Å²) >= 11 is 5.89. The number of carbonyl (C=O) groups excluding carboxylic acids is 2. The summed E-state index contributed by atoms with van der Waals surface area (Å²) in [5, 5.41) is 5.78. The largest absolute Gasteiger partial charge is 0.496 e. The van der Waals surface area contributed by atoms with Crippen molar-refractivity contribution in [3.05, 3.63) is 28.8 Å². The molecule has 0 unspecified atom stereocenters. The van der Waals surface area contributed by atoms with Crippen molar-refractivity contribution in [2.75, 3.05) is 20.2 Å². The molecule has 1 rings (SSSR count). The van der Waals surface area contributed by atoms with E-state index in [4.69, 9.17) is 16.3 Å². The Morgan fingerprint density at radius 2 is 2.00 bits per heavy atom. The Morgan fingerprint density at radius 3 is 2.65 bits per heavy atom. The number of rotatable bonds is 7. The molecule has 0 saturated heterocycles. The number of amides is 2. The number of halogens is 1. The number of benzene rings is 1. The molecule has 6 heteroatoms. The molecular weight excluding hydrogens is 280 g/mol. The van der Waals surface area contributed by atoms with E-state index < -0.39 is 0 Å². The van der Waals surface area contributed by atoms with Gasteiger partial charge in [-0.25, -0.2) is 0 Å². The van der Waals surface area contributed by atoms with E-state index in [0.717, 1.165) is 6.42 Å². The lowest BCUT2D eigenvalue weighted by molar-refractivity contribution is -0.125. The van der Waals surface area contributed by atoms with Gasteiger partial charge in [0.05, 0.1) is 20.1 Å². The topological polar surface area (TPSA) is 67.4 Å². The van der Waals surface area contributed by atoms with E-state index in [1.54, 1.807) is 18.2 Å². The van der Waals surface area contributed by atoms with Crippen LogP contribution in [-0.4, -0.2) is 32.0 Å². The second-order valence-corrected chi connectivity index (χ2v) is 4.70. The zero-order chi connectivity index (χ0) is 15.0. The third-order valence-corrected chi connectivity index (χ3v) is 2.85. The van der Waals surface area contributed by atoms with E-state index in [2.05, 4.69) is 10.6 Å². The van der Waals surface area contributed by atoms with Crippen LogP contribution >= 0.6 is 11.6 Å². The van der Waals surface area contributed by atoms with E-state index in [0.29, 0.717) is 22.9 Å².